The van der Waals surface area contributed by atoms with Gasteiger partial charge in [-0.25, -0.2) is 9.97 Å². The van der Waals surface area contributed by atoms with Crippen molar-refractivity contribution < 1.29 is 0 Å². The number of halogens is 1. The number of rotatable bonds is 15. The van der Waals surface area contributed by atoms with Gasteiger partial charge in [0.15, 0.2) is 0 Å². The van der Waals surface area contributed by atoms with Gasteiger partial charge in [-0.15, -0.1) is 0 Å². The first kappa shape index (κ1) is 21.2. The van der Waals surface area contributed by atoms with E-state index in [0.29, 0.717) is 5.02 Å². The normalized spacial score (nSPS) is 11.0. The van der Waals surface area contributed by atoms with Crippen molar-refractivity contribution in [3.63, 3.8) is 0 Å². The van der Waals surface area contributed by atoms with Crippen LogP contribution in [0, 0.1) is 0 Å². The molecule has 0 bridgehead atoms. The predicted octanol–water partition coefficient (Wildman–Crippen LogP) is 6.66. The Balaban J connectivity index is 2.34. The molecule has 0 amide bonds. The van der Waals surface area contributed by atoms with E-state index in [1.807, 2.05) is 0 Å². The third kappa shape index (κ3) is 10.1. The molecule has 0 N–H and O–H groups in total. The van der Waals surface area contributed by atoms with Crippen molar-refractivity contribution in [3.8, 4) is 0 Å². The summed E-state index contributed by atoms with van der Waals surface area (Å²) >= 11 is 5.92. The van der Waals surface area contributed by atoms with Gasteiger partial charge in [0.05, 0.1) is 17.4 Å². The van der Waals surface area contributed by atoms with Crippen LogP contribution in [0.5, 0.6) is 0 Å². The van der Waals surface area contributed by atoms with Crippen molar-refractivity contribution in [3.05, 3.63) is 17.4 Å². The first-order valence-corrected chi connectivity index (χ1v) is 10.4. The van der Waals surface area contributed by atoms with Gasteiger partial charge in [-0.3, -0.25) is 0 Å². The smallest absolute Gasteiger partial charge is 0.225 e. The van der Waals surface area contributed by atoms with E-state index >= 15 is 0 Å². The summed E-state index contributed by atoms with van der Waals surface area (Å²) in [6.45, 7) is 6.64. The zero-order valence-electron chi connectivity index (χ0n) is 15.8. The topological polar surface area (TPSA) is 29.0 Å². The molecule has 0 fully saturated rings. The summed E-state index contributed by atoms with van der Waals surface area (Å²) in [5, 5.41) is 0.609. The van der Waals surface area contributed by atoms with E-state index in [1.54, 1.807) is 12.4 Å². The number of unbranched alkanes of at least 4 members (excludes halogenated alkanes) is 10. The quantitative estimate of drug-likeness (QED) is 0.330. The van der Waals surface area contributed by atoms with Gasteiger partial charge >= 0.3 is 0 Å². The van der Waals surface area contributed by atoms with E-state index in [-0.39, 0.29) is 0 Å². The zero-order valence-corrected chi connectivity index (χ0v) is 16.5. The maximum absolute atomic E-state index is 5.92. The lowest BCUT2D eigenvalue weighted by atomic mass is 10.1. The Bertz CT molecular complexity index is 378. The molecule has 0 radical (unpaired) electrons. The summed E-state index contributed by atoms with van der Waals surface area (Å²) in [7, 11) is 0. The monoisotopic (exact) mass is 353 g/mol. The molecule has 24 heavy (non-hydrogen) atoms. The third-order valence-corrected chi connectivity index (χ3v) is 4.65. The minimum absolute atomic E-state index is 0.609. The maximum Gasteiger partial charge on any atom is 0.225 e. The minimum atomic E-state index is 0.609. The molecule has 0 saturated carbocycles. The summed E-state index contributed by atoms with van der Waals surface area (Å²) in [5.74, 6) is 0.835. The molecular formula is C20H36ClN3. The fourth-order valence-corrected chi connectivity index (χ4v) is 3.04. The van der Waals surface area contributed by atoms with Crippen LogP contribution in [0.2, 0.25) is 5.02 Å². The fraction of sp³-hybridized carbons (Fsp3) is 0.800. The van der Waals surface area contributed by atoms with Crippen LogP contribution in [0.4, 0.5) is 5.95 Å². The van der Waals surface area contributed by atoms with Crippen LogP contribution in [0.25, 0.3) is 0 Å². The molecule has 4 heteroatoms. The zero-order chi connectivity index (χ0) is 17.5. The SMILES string of the molecule is CCCCCCCCN(CCCCCCCC)c1ncc(Cl)cn1. The Kier molecular flexibility index (Phi) is 12.8. The Morgan fingerprint density at radius 3 is 1.58 bits per heavy atom. The van der Waals surface area contributed by atoms with Gasteiger partial charge in [0.25, 0.3) is 0 Å². The second-order valence-corrected chi connectivity index (χ2v) is 7.16. The summed E-state index contributed by atoms with van der Waals surface area (Å²) in [6, 6.07) is 0. The van der Waals surface area contributed by atoms with Crippen molar-refractivity contribution in [2.75, 3.05) is 18.0 Å². The van der Waals surface area contributed by atoms with Crippen LogP contribution < -0.4 is 4.90 Å². The van der Waals surface area contributed by atoms with E-state index in [9.17, 15) is 0 Å². The van der Waals surface area contributed by atoms with Gasteiger partial charge in [0, 0.05) is 13.1 Å². The summed E-state index contributed by atoms with van der Waals surface area (Å²) in [5.41, 5.74) is 0. The number of anilines is 1. The highest BCUT2D eigenvalue weighted by atomic mass is 35.5. The first-order valence-electron chi connectivity index (χ1n) is 10.0. The maximum atomic E-state index is 5.92. The standard InChI is InChI=1S/C20H36ClN3/c1-3-5-7-9-11-13-15-24(16-14-12-10-8-6-4-2)20-22-17-19(21)18-23-20/h17-18H,3-16H2,1-2H3. The largest absolute Gasteiger partial charge is 0.341 e. The van der Waals surface area contributed by atoms with Crippen molar-refractivity contribution in [1.82, 2.24) is 9.97 Å². The molecule has 1 heterocycles. The van der Waals surface area contributed by atoms with E-state index in [1.165, 1.54) is 77.0 Å². The van der Waals surface area contributed by atoms with Gasteiger partial charge in [-0.1, -0.05) is 89.7 Å². The van der Waals surface area contributed by atoms with Gasteiger partial charge in [-0.2, -0.15) is 0 Å². The van der Waals surface area contributed by atoms with Crippen molar-refractivity contribution in [2.24, 2.45) is 0 Å². The van der Waals surface area contributed by atoms with Crippen LogP contribution in [0.15, 0.2) is 12.4 Å². The molecule has 1 aromatic heterocycles. The Labute approximate surface area is 154 Å². The lowest BCUT2D eigenvalue weighted by molar-refractivity contribution is 0.570. The highest BCUT2D eigenvalue weighted by molar-refractivity contribution is 6.30. The van der Waals surface area contributed by atoms with Crippen molar-refractivity contribution in [1.29, 1.82) is 0 Å². The minimum Gasteiger partial charge on any atom is -0.341 e. The van der Waals surface area contributed by atoms with Gasteiger partial charge < -0.3 is 4.90 Å². The molecule has 1 aromatic rings. The van der Waals surface area contributed by atoms with Crippen molar-refractivity contribution in [2.45, 2.75) is 90.9 Å². The Morgan fingerprint density at radius 2 is 1.12 bits per heavy atom. The first-order chi connectivity index (χ1) is 11.8. The second-order valence-electron chi connectivity index (χ2n) is 6.72. The summed E-state index contributed by atoms with van der Waals surface area (Å²) in [4.78, 5) is 11.2. The number of aromatic nitrogens is 2. The lowest BCUT2D eigenvalue weighted by Gasteiger charge is -2.22. The molecule has 0 atom stereocenters. The second kappa shape index (κ2) is 14.5. The van der Waals surface area contributed by atoms with Crippen LogP contribution >= 0.6 is 11.6 Å². The highest BCUT2D eigenvalue weighted by Gasteiger charge is 2.09. The van der Waals surface area contributed by atoms with E-state index < -0.39 is 0 Å². The molecule has 0 aliphatic carbocycles. The highest BCUT2D eigenvalue weighted by Crippen LogP contribution is 2.14. The molecule has 0 spiro atoms. The van der Waals surface area contributed by atoms with E-state index in [4.69, 9.17) is 11.6 Å². The number of hydrogen-bond acceptors (Lipinski definition) is 3. The molecule has 0 saturated heterocycles. The fourth-order valence-electron chi connectivity index (χ4n) is 2.95. The lowest BCUT2D eigenvalue weighted by Crippen LogP contribution is -2.27. The average molecular weight is 354 g/mol. The summed E-state index contributed by atoms with van der Waals surface area (Å²) in [6.07, 6.45) is 19.3. The molecule has 1 rings (SSSR count). The van der Waals surface area contributed by atoms with Gasteiger partial charge in [0.2, 0.25) is 5.95 Å². The van der Waals surface area contributed by atoms with Crippen LogP contribution in [-0.4, -0.2) is 23.1 Å². The van der Waals surface area contributed by atoms with Gasteiger partial charge in [-0.05, 0) is 12.8 Å². The van der Waals surface area contributed by atoms with Crippen LogP contribution in [0.1, 0.15) is 90.9 Å². The molecule has 0 aliphatic rings. The van der Waals surface area contributed by atoms with E-state index in [2.05, 4.69) is 28.7 Å². The molecule has 0 aliphatic heterocycles. The molecule has 0 aromatic carbocycles. The molecular weight excluding hydrogens is 318 g/mol. The third-order valence-electron chi connectivity index (χ3n) is 4.45. The molecule has 3 nitrogen and oxygen atoms in total. The van der Waals surface area contributed by atoms with Gasteiger partial charge in [0.1, 0.15) is 0 Å². The number of hydrogen-bond donors (Lipinski definition) is 0. The number of nitrogens with zero attached hydrogens (tertiary/aromatic N) is 3. The van der Waals surface area contributed by atoms with E-state index in [0.717, 1.165) is 19.0 Å². The van der Waals surface area contributed by atoms with Crippen molar-refractivity contribution >= 4 is 17.5 Å². The van der Waals surface area contributed by atoms with Crippen LogP contribution in [0.3, 0.4) is 0 Å². The molecule has 138 valence electrons. The average Bonchev–Trinajstić information content (AvgIpc) is 2.60. The molecule has 0 unspecified atom stereocenters. The van der Waals surface area contributed by atoms with Crippen LogP contribution in [-0.2, 0) is 0 Å². The predicted molar refractivity (Wildman–Crippen MR) is 106 cm³/mol. The summed E-state index contributed by atoms with van der Waals surface area (Å²) < 4.78 is 0. The Morgan fingerprint density at radius 1 is 0.708 bits per heavy atom. The Hall–Kier alpha value is -0.830.